The van der Waals surface area contributed by atoms with Crippen LogP contribution in [0.5, 0.6) is 0 Å². The van der Waals surface area contributed by atoms with Gasteiger partial charge in [0.15, 0.2) is 0 Å². The van der Waals surface area contributed by atoms with Gasteiger partial charge in [0.1, 0.15) is 11.4 Å². The number of fused-ring (bicyclic) bond motifs is 1. The molecule has 0 bridgehead atoms. The van der Waals surface area contributed by atoms with Crippen LogP contribution in [0.3, 0.4) is 0 Å². The second-order valence-electron chi connectivity index (χ2n) is 21.3. The second-order valence-corrected chi connectivity index (χ2v) is 22.3. The number of nitrogens with zero attached hydrogens (tertiary/aromatic N) is 4. The largest absolute Gasteiger partial charge is 2.00 e. The van der Waals surface area contributed by atoms with E-state index in [4.69, 9.17) is 23.2 Å². The topological polar surface area (TPSA) is 66.4 Å². The number of halogens is 2. The zero-order valence-electron chi connectivity index (χ0n) is 44.5. The maximum absolute atomic E-state index is 13.7. The Kier molecular flexibility index (Phi) is 19.2. The van der Waals surface area contributed by atoms with Gasteiger partial charge in [0, 0.05) is 76.3 Å². The summed E-state index contributed by atoms with van der Waals surface area (Å²) in [6, 6.07) is 59.6. The van der Waals surface area contributed by atoms with Gasteiger partial charge in [-0.05, 0) is 139 Å². The zero-order chi connectivity index (χ0) is 53.1. The number of hydrogen-bond donors (Lipinski definition) is 0. The fourth-order valence-corrected chi connectivity index (χ4v) is 11.7. The van der Waals surface area contributed by atoms with Gasteiger partial charge in [0.2, 0.25) is 11.6 Å². The van der Waals surface area contributed by atoms with Crippen molar-refractivity contribution in [1.29, 1.82) is 0 Å². The molecule has 0 saturated carbocycles. The molecule has 0 radical (unpaired) electrons. The van der Waals surface area contributed by atoms with E-state index in [1.807, 2.05) is 54.6 Å². The molecule has 0 amide bonds. The van der Waals surface area contributed by atoms with Gasteiger partial charge >= 0.3 is 16.5 Å². The van der Waals surface area contributed by atoms with Gasteiger partial charge in [0.25, 0.3) is 0 Å². The minimum atomic E-state index is -0.482. The summed E-state index contributed by atoms with van der Waals surface area (Å²) >= 11 is 13.5. The number of ketones is 2. The van der Waals surface area contributed by atoms with Crippen LogP contribution >= 0.6 is 23.2 Å². The molecule has 10 rings (SSSR count). The average Bonchev–Trinajstić information content (AvgIpc) is 3.86. The Morgan fingerprint density at radius 2 is 0.987 bits per heavy atom. The van der Waals surface area contributed by atoms with Gasteiger partial charge in [-0.2, -0.15) is 0 Å². The minimum Gasteiger partial charge on any atom is -0.344 e. The fourth-order valence-electron chi connectivity index (χ4n) is 11.3. The van der Waals surface area contributed by atoms with Crippen molar-refractivity contribution in [1.82, 2.24) is 14.9 Å². The van der Waals surface area contributed by atoms with Crippen LogP contribution in [0, 0.1) is 17.3 Å². The molecule has 0 N–H and O–H groups in total. The molecule has 1 atom stereocenters. The molecule has 6 nitrogen and oxygen atoms in total. The van der Waals surface area contributed by atoms with Crippen molar-refractivity contribution in [3.8, 4) is 0 Å². The van der Waals surface area contributed by atoms with Gasteiger partial charge in [-0.3, -0.25) is 19.6 Å². The Labute approximate surface area is 476 Å². The summed E-state index contributed by atoms with van der Waals surface area (Å²) in [7, 11) is 0. The van der Waals surface area contributed by atoms with Crippen molar-refractivity contribution in [3.63, 3.8) is 0 Å². The predicted octanol–water partition coefficient (Wildman–Crippen LogP) is 15.9. The number of aromatic nitrogens is 2. The summed E-state index contributed by atoms with van der Waals surface area (Å²) in [4.78, 5) is 40.9. The van der Waals surface area contributed by atoms with E-state index < -0.39 is 10.8 Å². The monoisotopic (exact) mass is 1100 g/mol. The molecule has 0 saturated heterocycles. The number of hydrogen-bond acceptors (Lipinski definition) is 6. The van der Waals surface area contributed by atoms with E-state index in [1.165, 1.54) is 39.1 Å². The van der Waals surface area contributed by atoms with Crippen LogP contribution in [0.2, 0.25) is 5.02 Å². The molecule has 3 aliphatic rings. The molecule has 1 aliphatic carbocycles. The van der Waals surface area contributed by atoms with E-state index in [9.17, 15) is 9.59 Å². The van der Waals surface area contributed by atoms with E-state index in [0.717, 1.165) is 75.1 Å². The summed E-state index contributed by atoms with van der Waals surface area (Å²) < 4.78 is 0. The first kappa shape index (κ1) is 56.6. The van der Waals surface area contributed by atoms with Gasteiger partial charge in [-0.15, -0.1) is 11.6 Å². The third-order valence-corrected chi connectivity index (χ3v) is 15.5. The van der Waals surface area contributed by atoms with E-state index in [1.54, 1.807) is 24.5 Å². The first-order valence-corrected chi connectivity index (χ1v) is 27.7. The molecule has 394 valence electrons. The number of carbonyl (C=O) groups excluding carboxylic acids is 2. The fraction of sp³-hybridized carbons (Fsp3) is 0.265. The van der Waals surface area contributed by atoms with Crippen molar-refractivity contribution in [2.24, 2.45) is 17.3 Å². The Morgan fingerprint density at radius 1 is 0.571 bits per heavy atom. The predicted molar refractivity (Wildman–Crippen MR) is 313 cm³/mol. The Hall–Kier alpha value is -6.63. The number of pyridine rings is 2. The van der Waals surface area contributed by atoms with E-state index in [0.29, 0.717) is 28.2 Å². The number of rotatable bonds is 18. The second kappa shape index (κ2) is 26.1. The van der Waals surface area contributed by atoms with Crippen LogP contribution in [0.4, 0.5) is 5.69 Å². The maximum Gasteiger partial charge on any atom is 2.00 e. The van der Waals surface area contributed by atoms with Gasteiger partial charge < -0.3 is 9.80 Å². The van der Waals surface area contributed by atoms with Crippen LogP contribution < -0.4 is 4.90 Å². The number of anilines is 1. The van der Waals surface area contributed by atoms with Crippen molar-refractivity contribution < 1.29 is 26.1 Å². The Balaban J connectivity index is 0.000000201. The summed E-state index contributed by atoms with van der Waals surface area (Å²) in [6.07, 6.45) is 17.2. The Bertz CT molecular complexity index is 3120. The van der Waals surface area contributed by atoms with Gasteiger partial charge in [-0.1, -0.05) is 179 Å². The normalized spacial score (nSPS) is 17.0. The molecule has 7 aromatic rings. The third kappa shape index (κ3) is 13.4. The van der Waals surface area contributed by atoms with Crippen LogP contribution in [0.15, 0.2) is 235 Å². The molecule has 9 heteroatoms. The van der Waals surface area contributed by atoms with Crippen molar-refractivity contribution in [2.75, 3.05) is 18.0 Å². The SMILES string of the molecule is CC(C)CCN1/C(=C\C(=O)c2ccccn2)C(Cc2ccccc2)(Cc2ccccc2)c2cc(Cl)ccc21.CC(C)CCN1C2=C(CC(Cl)C=C2)C(Cc2ccccc2)(Cc2ccccc2)/C1=C/C(=O)c1ccccn1.[Ni+2]. The summed E-state index contributed by atoms with van der Waals surface area (Å²) in [6.45, 7) is 10.6. The summed E-state index contributed by atoms with van der Waals surface area (Å²) in [5, 5.41) is 0.632. The molecule has 1 unspecified atom stereocenters. The third-order valence-electron chi connectivity index (χ3n) is 15.0. The van der Waals surface area contributed by atoms with E-state index >= 15 is 0 Å². The quantitative estimate of drug-likeness (QED) is 0.0369. The molecule has 0 spiro atoms. The van der Waals surface area contributed by atoms with Crippen LogP contribution in [0.25, 0.3) is 0 Å². The minimum absolute atomic E-state index is 0. The molecule has 4 heterocycles. The smallest absolute Gasteiger partial charge is 0.344 e. The van der Waals surface area contributed by atoms with Gasteiger partial charge in [0.05, 0.1) is 5.38 Å². The Morgan fingerprint density at radius 3 is 1.42 bits per heavy atom. The molecular formula is C68H68Cl2N4NiO2+2. The average molecular weight is 1100 g/mol. The van der Waals surface area contributed by atoms with Crippen molar-refractivity contribution in [2.45, 2.75) is 83.4 Å². The summed E-state index contributed by atoms with van der Waals surface area (Å²) in [5.41, 5.74) is 11.9. The van der Waals surface area contributed by atoms with Crippen LogP contribution in [0.1, 0.15) is 95.8 Å². The van der Waals surface area contributed by atoms with Crippen LogP contribution in [-0.2, 0) is 47.6 Å². The maximum atomic E-state index is 13.7. The molecule has 0 fully saturated rings. The van der Waals surface area contributed by atoms with Gasteiger partial charge in [-0.25, -0.2) is 0 Å². The van der Waals surface area contributed by atoms with Crippen molar-refractivity contribution >= 4 is 40.5 Å². The molecular weight excluding hydrogens is 1030 g/mol. The number of alkyl halides is 1. The first-order valence-electron chi connectivity index (χ1n) is 26.8. The molecule has 5 aromatic carbocycles. The number of carbonyl (C=O) groups is 2. The van der Waals surface area contributed by atoms with E-state index in [-0.39, 0.29) is 33.4 Å². The summed E-state index contributed by atoms with van der Waals surface area (Å²) in [5.74, 6) is 0.918. The number of allylic oxidation sites excluding steroid dienone is 6. The molecule has 2 aromatic heterocycles. The number of benzene rings is 5. The van der Waals surface area contributed by atoms with Crippen LogP contribution in [-0.4, -0.2) is 44.9 Å². The van der Waals surface area contributed by atoms with E-state index in [2.05, 4.69) is 181 Å². The molecule has 2 aliphatic heterocycles. The standard InChI is InChI=1S/C34H35ClN2O.C34H33ClN2O.Ni/c2*1-25(2)18-20-37-31-17-16-28(35)21-29(31)34(23-26-11-5-3-6-12-26,24-27-13-7-4-8-14-27)33(37)22-32(38)30-15-9-10-19-36-30;/h3-17,19,22,25,28H,18,20-21,23-24H2,1-2H3;3-17,19,21-22,25H,18,20,23-24H2,1-2H3;/q;;+2/b2*33-22-;. The molecule has 77 heavy (non-hydrogen) atoms. The first-order chi connectivity index (χ1) is 36.9. The van der Waals surface area contributed by atoms with Crippen molar-refractivity contribution in [3.05, 3.63) is 280 Å². The zero-order valence-corrected chi connectivity index (χ0v) is 47.0.